The molecule has 0 bridgehead atoms. The molecule has 1 unspecified atom stereocenters. The van der Waals surface area contributed by atoms with Crippen LogP contribution in [0.3, 0.4) is 0 Å². The highest BCUT2D eigenvalue weighted by molar-refractivity contribution is 7.09. The second kappa shape index (κ2) is 8.98. The maximum absolute atomic E-state index is 12.0. The van der Waals surface area contributed by atoms with Crippen molar-refractivity contribution in [3.63, 3.8) is 0 Å². The third kappa shape index (κ3) is 5.62. The molecule has 0 aliphatic carbocycles. The molecule has 2 rings (SSSR count). The lowest BCUT2D eigenvalue weighted by molar-refractivity contribution is -0.138. The van der Waals surface area contributed by atoms with E-state index in [-0.39, 0.29) is 5.91 Å². The highest BCUT2D eigenvalue weighted by atomic mass is 32.1. The van der Waals surface area contributed by atoms with E-state index in [9.17, 15) is 9.59 Å². The molecule has 0 spiro atoms. The highest BCUT2D eigenvalue weighted by Crippen LogP contribution is 2.12. The van der Waals surface area contributed by atoms with Crippen molar-refractivity contribution >= 4 is 29.3 Å². The Morgan fingerprint density at radius 3 is 2.96 bits per heavy atom. The first kappa shape index (κ1) is 17.9. The van der Waals surface area contributed by atoms with E-state index >= 15 is 0 Å². The number of thiazole rings is 1. The highest BCUT2D eigenvalue weighted by Gasteiger charge is 2.15. The summed E-state index contributed by atoms with van der Waals surface area (Å²) >= 11 is 1.67. The van der Waals surface area contributed by atoms with Gasteiger partial charge < -0.3 is 10.4 Å². The number of nitrogens with one attached hydrogen (secondary N) is 1. The summed E-state index contributed by atoms with van der Waals surface area (Å²) < 4.78 is 0. The first-order chi connectivity index (χ1) is 11.6. The lowest BCUT2D eigenvalue weighted by atomic mass is 10.1. The first-order valence-corrected chi connectivity index (χ1v) is 8.62. The smallest absolute Gasteiger partial charge is 0.325 e. The fourth-order valence-electron chi connectivity index (χ4n) is 2.10. The van der Waals surface area contributed by atoms with Crippen LogP contribution in [0.15, 0.2) is 42.0 Å². The van der Waals surface area contributed by atoms with Gasteiger partial charge in [0.15, 0.2) is 0 Å². The Bertz CT molecular complexity index is 711. The molecule has 5 nitrogen and oxygen atoms in total. The number of benzene rings is 1. The van der Waals surface area contributed by atoms with E-state index in [1.165, 1.54) is 11.8 Å². The predicted molar refractivity (Wildman–Crippen MR) is 95.1 cm³/mol. The number of aliphatic carboxylic acids is 1. The lowest BCUT2D eigenvalue weighted by Gasteiger charge is -2.09. The molecule has 0 radical (unpaired) electrons. The van der Waals surface area contributed by atoms with Crippen LogP contribution in [-0.2, 0) is 11.2 Å². The van der Waals surface area contributed by atoms with E-state index in [1.54, 1.807) is 29.5 Å². The molecule has 1 atom stereocenters. The summed E-state index contributed by atoms with van der Waals surface area (Å²) in [5.74, 6) is -1.44. The number of aromatic nitrogens is 1. The first-order valence-electron chi connectivity index (χ1n) is 7.74. The molecular weight excluding hydrogens is 324 g/mol. The van der Waals surface area contributed by atoms with Crippen molar-refractivity contribution in [1.29, 1.82) is 0 Å². The molecule has 126 valence electrons. The number of carboxylic acids is 1. The Labute approximate surface area is 145 Å². The number of carboxylic acid groups (broad SMARTS) is 1. The monoisotopic (exact) mass is 344 g/mol. The van der Waals surface area contributed by atoms with E-state index in [0.717, 1.165) is 24.8 Å². The van der Waals surface area contributed by atoms with Gasteiger partial charge in [-0.25, -0.2) is 0 Å². The van der Waals surface area contributed by atoms with Crippen molar-refractivity contribution in [3.8, 4) is 0 Å². The second-order valence-electron chi connectivity index (χ2n) is 5.42. The van der Waals surface area contributed by atoms with Crippen LogP contribution < -0.4 is 5.32 Å². The average Bonchev–Trinajstić information content (AvgIpc) is 3.08. The molecule has 1 aromatic heterocycles. The number of hydrogen-bond donors (Lipinski definition) is 2. The summed E-state index contributed by atoms with van der Waals surface area (Å²) in [6.45, 7) is 1.44. The Hall–Kier alpha value is -2.47. The topological polar surface area (TPSA) is 79.3 Å². The third-order valence-electron chi connectivity index (χ3n) is 3.45. The van der Waals surface area contributed by atoms with Crippen LogP contribution >= 0.6 is 11.3 Å². The SMILES string of the molecule is CC(NC(=O)c1cccc(C=CCCCc2cncs2)c1)C(=O)O. The minimum atomic E-state index is -1.06. The summed E-state index contributed by atoms with van der Waals surface area (Å²) in [4.78, 5) is 28.1. The van der Waals surface area contributed by atoms with Crippen LogP contribution in [0, 0.1) is 0 Å². The van der Waals surface area contributed by atoms with Crippen LogP contribution in [0.4, 0.5) is 0 Å². The fourth-order valence-corrected chi connectivity index (χ4v) is 2.75. The average molecular weight is 344 g/mol. The number of rotatable bonds is 8. The Morgan fingerprint density at radius 2 is 2.25 bits per heavy atom. The molecule has 2 aromatic rings. The zero-order valence-corrected chi connectivity index (χ0v) is 14.3. The summed E-state index contributed by atoms with van der Waals surface area (Å²) in [6, 6.07) is 6.21. The molecule has 24 heavy (non-hydrogen) atoms. The second-order valence-corrected chi connectivity index (χ2v) is 6.39. The number of nitrogens with zero attached hydrogens (tertiary/aromatic N) is 1. The summed E-state index contributed by atoms with van der Waals surface area (Å²) in [5, 5.41) is 11.3. The minimum absolute atomic E-state index is 0.384. The van der Waals surface area contributed by atoms with Crippen LogP contribution in [0.5, 0.6) is 0 Å². The third-order valence-corrected chi connectivity index (χ3v) is 4.29. The van der Waals surface area contributed by atoms with Gasteiger partial charge in [0.1, 0.15) is 6.04 Å². The molecular formula is C18H20N2O3S. The molecule has 0 fully saturated rings. The fraction of sp³-hybridized carbons (Fsp3) is 0.278. The van der Waals surface area contributed by atoms with E-state index in [2.05, 4.69) is 16.4 Å². The van der Waals surface area contributed by atoms with Gasteiger partial charge in [0.2, 0.25) is 0 Å². The van der Waals surface area contributed by atoms with Gasteiger partial charge >= 0.3 is 5.97 Å². The van der Waals surface area contributed by atoms with Crippen molar-refractivity contribution in [3.05, 3.63) is 58.1 Å². The summed E-state index contributed by atoms with van der Waals surface area (Å²) in [5.41, 5.74) is 3.21. The number of carbonyl (C=O) groups is 2. The van der Waals surface area contributed by atoms with E-state index in [4.69, 9.17) is 5.11 Å². The molecule has 1 heterocycles. The van der Waals surface area contributed by atoms with Crippen molar-refractivity contribution in [2.45, 2.75) is 32.2 Å². The van der Waals surface area contributed by atoms with Gasteiger partial charge in [-0.05, 0) is 43.9 Å². The molecule has 1 aromatic carbocycles. The number of unbranched alkanes of at least 4 members (excludes halogenated alkanes) is 1. The number of allylic oxidation sites excluding steroid dienone is 1. The van der Waals surface area contributed by atoms with Gasteiger partial charge in [0, 0.05) is 16.6 Å². The van der Waals surface area contributed by atoms with Crippen LogP contribution in [-0.4, -0.2) is 28.0 Å². The van der Waals surface area contributed by atoms with E-state index in [1.807, 2.05) is 23.8 Å². The number of hydrogen-bond acceptors (Lipinski definition) is 4. The molecule has 0 saturated heterocycles. The zero-order chi connectivity index (χ0) is 17.4. The molecule has 0 aliphatic heterocycles. The molecule has 0 aliphatic rings. The van der Waals surface area contributed by atoms with Crippen LogP contribution in [0.2, 0.25) is 0 Å². The number of amides is 1. The predicted octanol–water partition coefficient (Wildman–Crippen LogP) is 3.38. The Kier molecular flexibility index (Phi) is 6.69. The van der Waals surface area contributed by atoms with Gasteiger partial charge in [-0.2, -0.15) is 0 Å². The standard InChI is InChI=1S/C18H20N2O3S/c1-13(18(22)23)20-17(21)15-8-5-7-14(10-15)6-3-2-4-9-16-11-19-12-24-16/h3,5-8,10-13H,2,4,9H2,1H3,(H,20,21)(H,22,23). The van der Waals surface area contributed by atoms with Crippen molar-refractivity contribution in [2.75, 3.05) is 0 Å². The van der Waals surface area contributed by atoms with Crippen molar-refractivity contribution < 1.29 is 14.7 Å². The van der Waals surface area contributed by atoms with Gasteiger partial charge in [-0.1, -0.05) is 24.3 Å². The normalized spacial score (nSPS) is 12.2. The summed E-state index contributed by atoms with van der Waals surface area (Å²) in [7, 11) is 0. The number of carbonyl (C=O) groups excluding carboxylic acids is 1. The van der Waals surface area contributed by atoms with Crippen LogP contribution in [0.25, 0.3) is 6.08 Å². The van der Waals surface area contributed by atoms with Gasteiger partial charge in [-0.15, -0.1) is 11.3 Å². The van der Waals surface area contributed by atoms with Gasteiger partial charge in [0.25, 0.3) is 5.91 Å². The van der Waals surface area contributed by atoms with Crippen molar-refractivity contribution in [1.82, 2.24) is 10.3 Å². The number of aryl methyl sites for hydroxylation is 1. The maximum Gasteiger partial charge on any atom is 0.325 e. The Balaban J connectivity index is 1.86. The largest absolute Gasteiger partial charge is 0.480 e. The molecule has 0 saturated carbocycles. The van der Waals surface area contributed by atoms with Crippen molar-refractivity contribution in [2.24, 2.45) is 0 Å². The molecule has 1 amide bonds. The lowest BCUT2D eigenvalue weighted by Crippen LogP contribution is -2.38. The minimum Gasteiger partial charge on any atom is -0.480 e. The van der Waals surface area contributed by atoms with Gasteiger partial charge in [-0.3, -0.25) is 14.6 Å². The zero-order valence-electron chi connectivity index (χ0n) is 13.4. The van der Waals surface area contributed by atoms with Gasteiger partial charge in [0.05, 0.1) is 5.51 Å². The van der Waals surface area contributed by atoms with E-state index in [0.29, 0.717) is 5.56 Å². The quantitative estimate of drug-likeness (QED) is 0.720. The summed E-state index contributed by atoms with van der Waals surface area (Å²) in [6.07, 6.45) is 8.97. The molecule has 2 N–H and O–H groups in total. The Morgan fingerprint density at radius 1 is 1.42 bits per heavy atom. The van der Waals surface area contributed by atoms with E-state index < -0.39 is 12.0 Å². The molecule has 6 heteroatoms. The maximum atomic E-state index is 12.0. The van der Waals surface area contributed by atoms with Crippen LogP contribution in [0.1, 0.15) is 40.6 Å².